The summed E-state index contributed by atoms with van der Waals surface area (Å²) in [6, 6.07) is 0. The second kappa shape index (κ2) is 40.8. The van der Waals surface area contributed by atoms with E-state index >= 15 is 0 Å². The molecule has 24 aliphatic carbocycles. The zero-order valence-electron chi connectivity index (χ0n) is 73.7. The molecule has 129 heavy (non-hydrogen) atoms. The minimum Gasteiger partial charge on any atom is -0.459 e. The van der Waals surface area contributed by atoms with Crippen LogP contribution in [0.15, 0.2) is 0 Å². The molecule has 0 amide bonds. The number of hydrogen-bond acceptors (Lipinski definition) is 24. The highest BCUT2D eigenvalue weighted by molar-refractivity contribution is 5.78. The van der Waals surface area contributed by atoms with Crippen LogP contribution in [0.3, 0.4) is 0 Å². The molecule has 11 atom stereocenters. The Bertz CT molecular complexity index is 3590. The van der Waals surface area contributed by atoms with E-state index in [9.17, 15) is 90.0 Å². The van der Waals surface area contributed by atoms with Crippen LogP contribution in [0.4, 0.5) is 0 Å². The van der Waals surface area contributed by atoms with Crippen molar-refractivity contribution in [2.24, 2.45) is 69.5 Å². The Labute approximate surface area is 783 Å². The van der Waals surface area contributed by atoms with Crippen LogP contribution < -0.4 is 0 Å². The molecule has 11 unspecified atom stereocenters. The van der Waals surface area contributed by atoms with Gasteiger partial charge in [0.2, 0.25) is 0 Å². The van der Waals surface area contributed by atoms with Gasteiger partial charge in [-0.15, -0.1) is 0 Å². The van der Waals surface area contributed by atoms with Gasteiger partial charge >= 0.3 is 35.8 Å². The van der Waals surface area contributed by atoms with E-state index in [-0.39, 0.29) is 204 Å². The second-order valence-corrected chi connectivity index (χ2v) is 46.9. The van der Waals surface area contributed by atoms with Crippen LogP contribution in [0.5, 0.6) is 0 Å². The van der Waals surface area contributed by atoms with Gasteiger partial charge in [0.05, 0.1) is 101 Å². The van der Waals surface area contributed by atoms with Crippen LogP contribution in [-0.4, -0.2) is 198 Å². The molecule has 0 aromatic rings. The van der Waals surface area contributed by atoms with Gasteiger partial charge in [-0.25, -0.2) is 0 Å². The lowest BCUT2D eigenvalue weighted by Gasteiger charge is -2.65. The summed E-state index contributed by atoms with van der Waals surface area (Å²) in [5.41, 5.74) is -16.5. The number of carbonyl (C=O) groups excluding carboxylic acids is 6. The molecule has 24 saturated carbocycles. The molecule has 24 aliphatic rings. The predicted octanol–water partition coefficient (Wildman–Crippen LogP) is 19.4. The molecule has 24 rings (SSSR count). The van der Waals surface area contributed by atoms with Gasteiger partial charge < -0.3 is 89.7 Å². The first-order valence-electron chi connectivity index (χ1n) is 45.7. The average molecular weight is 1840 g/mol. The van der Waals surface area contributed by atoms with Crippen molar-refractivity contribution < 1.29 is 118 Å². The minimum atomic E-state index is -1.13. The third-order valence-electron chi connectivity index (χ3n) is 33.0. The lowest BCUT2D eigenvalue weighted by Crippen LogP contribution is -2.72. The molecular weight excluding hydrogens is 1650 g/mol. The molecule has 24 heteroatoms. The summed E-state index contributed by atoms with van der Waals surface area (Å²) in [4.78, 5) is 73.5. The van der Waals surface area contributed by atoms with Crippen LogP contribution in [0.2, 0.25) is 0 Å². The Morgan fingerprint density at radius 1 is 0.233 bits per heavy atom. The van der Waals surface area contributed by atoms with Gasteiger partial charge in [0.1, 0.15) is 33.6 Å². The van der Waals surface area contributed by atoms with Crippen LogP contribution >= 0.6 is 0 Å². The third-order valence-corrected chi connectivity index (χ3v) is 33.0. The average Bonchev–Trinajstić information content (AvgIpc) is 0.696. The molecule has 24 bridgehead atoms. The highest BCUT2D eigenvalue weighted by Gasteiger charge is 2.73. The standard InChI is InChI=1S/C16H26O5.C16H26O4.C16H26O3.C15H24O5.C15H24O4.C15H24O3.12CH4/c1-4-12(2,3)11(17)21-16-8-13(18)5-14(19,9-16)7-15(20,6-13)10-16;1-4-13(2,3)12(17)20-16-7-11-5-14(18,9-16)8-15(19,6-11)10-16;1-4-14(2,3)13(17)19-16-8-11-5-12(9-16)7-15(18,6-11)10-16;1-3-10(2)11(16)20-15-7-12(17)4-13(18,8-15)6-14(19,5-12)9-15;1-3-10(2)12(16)19-15-6-11-4-13(17,8-15)7-14(18,5-11)9-15;1-3-10(2)13(16)18-15-7-11-4-12(8-15)6-14(17,5-11)9-15;;;;;;;;;;;;/h18-20H,4-10H2,1-3H3;11,18-19H,4-10H2,1-3H3;11-12,18H,4-10H2,1-3H3;10,17-19H,3-9H2,1-2H3;10-11,17-18H,3-9H2,1-2H3;10-12,17H,3-9H2,1-2H3;12*1H4. The number of carbonyl (C=O) groups is 6. The Hall–Kier alpha value is -3.66. The van der Waals surface area contributed by atoms with Crippen molar-refractivity contribution in [1.29, 1.82) is 0 Å². The molecule has 0 saturated heterocycles. The fourth-order valence-electron chi connectivity index (χ4n) is 29.1. The molecule has 0 spiro atoms. The Kier molecular flexibility index (Phi) is 39.0. The molecule has 0 heterocycles. The zero-order chi connectivity index (χ0) is 86.1. The van der Waals surface area contributed by atoms with Crippen LogP contribution in [0.1, 0.15) is 463 Å². The summed E-state index contributed by atoms with van der Waals surface area (Å²) >= 11 is 0. The smallest absolute Gasteiger partial charge is 0.312 e. The van der Waals surface area contributed by atoms with Crippen LogP contribution in [0, 0.1) is 69.5 Å². The van der Waals surface area contributed by atoms with Crippen molar-refractivity contribution >= 4 is 35.8 Å². The first kappa shape index (κ1) is 123. The van der Waals surface area contributed by atoms with Gasteiger partial charge in [0.15, 0.2) is 0 Å². The van der Waals surface area contributed by atoms with Crippen LogP contribution in [0.25, 0.3) is 0 Å². The number of ether oxygens (including phenoxy) is 6. The summed E-state index contributed by atoms with van der Waals surface area (Å²) in [5.74, 6) is 1.33. The van der Waals surface area contributed by atoms with Crippen molar-refractivity contribution in [1.82, 2.24) is 0 Å². The van der Waals surface area contributed by atoms with E-state index in [2.05, 4.69) is 0 Å². The third kappa shape index (κ3) is 25.7. The van der Waals surface area contributed by atoms with E-state index in [1.165, 1.54) is 12.8 Å². The maximum atomic E-state index is 12.4. The van der Waals surface area contributed by atoms with E-state index in [4.69, 9.17) is 28.4 Å². The van der Waals surface area contributed by atoms with E-state index in [0.29, 0.717) is 126 Å². The molecule has 0 aromatic heterocycles. The highest BCUT2D eigenvalue weighted by atomic mass is 16.6. The monoisotopic (exact) mass is 1840 g/mol. The van der Waals surface area contributed by atoms with E-state index < -0.39 is 106 Å². The largest absolute Gasteiger partial charge is 0.459 e. The quantitative estimate of drug-likeness (QED) is 0.0448. The summed E-state index contributed by atoms with van der Waals surface area (Å²) in [6.45, 7) is 28.7. The Morgan fingerprint density at radius 2 is 0.395 bits per heavy atom. The highest BCUT2D eigenvalue weighted by Crippen LogP contribution is 2.68. The Balaban J connectivity index is 0.000000760. The van der Waals surface area contributed by atoms with Gasteiger partial charge in [0.25, 0.3) is 0 Å². The molecule has 24 fully saturated rings. The topological polar surface area (TPSA) is 401 Å². The van der Waals surface area contributed by atoms with E-state index in [0.717, 1.165) is 116 Å². The van der Waals surface area contributed by atoms with Crippen molar-refractivity contribution in [3.05, 3.63) is 0 Å². The number of aliphatic hydroxyl groups is 12. The summed E-state index contributed by atoms with van der Waals surface area (Å²) in [5, 5.41) is 127. The molecule has 24 nitrogen and oxygen atoms in total. The molecule has 12 N–H and O–H groups in total. The lowest BCUT2D eigenvalue weighted by atomic mass is 9.48. The van der Waals surface area contributed by atoms with Crippen molar-refractivity contribution in [3.63, 3.8) is 0 Å². The summed E-state index contributed by atoms with van der Waals surface area (Å²) in [6.07, 6.45) is 26.8. The fraction of sp³-hybridized carbons (Fsp3) is 0.943. The normalized spacial score (nSPS) is 43.4. The minimum absolute atomic E-state index is 0. The summed E-state index contributed by atoms with van der Waals surface area (Å²) < 4.78 is 35.0. The molecule has 0 radical (unpaired) electrons. The zero-order valence-corrected chi connectivity index (χ0v) is 73.7. The van der Waals surface area contributed by atoms with Gasteiger partial charge in [-0.05, 0) is 218 Å². The predicted molar refractivity (Wildman–Crippen MR) is 511 cm³/mol. The van der Waals surface area contributed by atoms with Gasteiger partial charge in [-0.1, -0.05) is 151 Å². The Morgan fingerprint density at radius 3 is 0.620 bits per heavy atom. The molecular formula is C105H198O24. The SMILES string of the molecule is C.C.C.C.C.C.C.C.C.C.C.C.CCC(C)(C)C(=O)OC12CC3(O)CC(O)(CC(O)(C3)C1)C2.CCC(C)(C)C(=O)OC12CC3CC(CC(O)(C3)C1)C2.CCC(C)(C)C(=O)OC12CC3CC(O)(CC(O)(C3)C1)C2.CCC(C)C(=O)OC12CC3(O)CC(O)(CC(O)(C3)C1)C2.CCC(C)C(=O)OC12CC3CC(CC(O)(C3)C1)C2.CCC(C)C(=O)OC12CC3CC(O)(CC(O)(C3)C1)C2. The molecule has 0 aliphatic heterocycles. The molecule has 762 valence electrons. The molecule has 0 aromatic carbocycles. The number of hydrogen-bond donors (Lipinski definition) is 12. The second-order valence-electron chi connectivity index (χ2n) is 46.9. The maximum absolute atomic E-state index is 12.4. The first-order chi connectivity index (χ1) is 53.6. The van der Waals surface area contributed by atoms with Gasteiger partial charge in [0, 0.05) is 128 Å². The van der Waals surface area contributed by atoms with E-state index in [1.54, 1.807) is 6.92 Å². The van der Waals surface area contributed by atoms with Crippen molar-refractivity contribution in [3.8, 4) is 0 Å². The number of esters is 6. The van der Waals surface area contributed by atoms with Crippen molar-refractivity contribution in [2.45, 2.75) is 563 Å². The van der Waals surface area contributed by atoms with Crippen molar-refractivity contribution in [2.75, 3.05) is 0 Å². The lowest BCUT2D eigenvalue weighted by molar-refractivity contribution is -0.304. The summed E-state index contributed by atoms with van der Waals surface area (Å²) in [7, 11) is 0. The van der Waals surface area contributed by atoms with E-state index in [1.807, 2.05) is 96.9 Å². The van der Waals surface area contributed by atoms with Gasteiger partial charge in [-0.3, -0.25) is 28.8 Å². The van der Waals surface area contributed by atoms with Gasteiger partial charge in [-0.2, -0.15) is 0 Å². The number of rotatable bonds is 18. The van der Waals surface area contributed by atoms with Crippen LogP contribution in [-0.2, 0) is 57.2 Å². The maximum Gasteiger partial charge on any atom is 0.312 e. The first-order valence-corrected chi connectivity index (χ1v) is 45.7. The fourth-order valence-corrected chi connectivity index (χ4v) is 29.1.